The van der Waals surface area contributed by atoms with Crippen molar-refractivity contribution in [2.75, 3.05) is 0 Å². The number of nitrogens with zero attached hydrogens (tertiary/aromatic N) is 2. The van der Waals surface area contributed by atoms with E-state index in [1.165, 1.54) is 33.5 Å². The van der Waals surface area contributed by atoms with Gasteiger partial charge in [0.2, 0.25) is 0 Å². The molecule has 3 aromatic carbocycles. The van der Waals surface area contributed by atoms with Crippen molar-refractivity contribution in [2.24, 2.45) is 4.99 Å². The van der Waals surface area contributed by atoms with Gasteiger partial charge in [-0.05, 0) is 44.0 Å². The molecular weight excluding hydrogens is 360 g/mol. The van der Waals surface area contributed by atoms with Crippen molar-refractivity contribution in [1.82, 2.24) is 4.57 Å². The standard InChI is InChI=1S/C25H24N2S/c1-18-4-10-21(11-5-18)16-27-24(22-12-6-19(2)7-13-22)17-28-25(27)26-23-14-8-20(3)9-15-23/h4-15,17H,16H2,1-3H3. The van der Waals surface area contributed by atoms with E-state index in [1.54, 1.807) is 11.3 Å². The summed E-state index contributed by atoms with van der Waals surface area (Å²) in [5, 5.41) is 2.21. The molecule has 0 unspecified atom stereocenters. The maximum Gasteiger partial charge on any atom is 0.190 e. The number of aryl methyl sites for hydroxylation is 3. The molecular formula is C25H24N2S. The number of rotatable bonds is 4. The normalized spacial score (nSPS) is 11.8. The van der Waals surface area contributed by atoms with Crippen molar-refractivity contribution in [3.05, 3.63) is 105 Å². The monoisotopic (exact) mass is 384 g/mol. The van der Waals surface area contributed by atoms with Crippen molar-refractivity contribution in [1.29, 1.82) is 0 Å². The Balaban J connectivity index is 1.82. The summed E-state index contributed by atoms with van der Waals surface area (Å²) in [6, 6.07) is 25.8. The van der Waals surface area contributed by atoms with E-state index < -0.39 is 0 Å². The molecule has 1 heterocycles. The summed E-state index contributed by atoms with van der Waals surface area (Å²) in [7, 11) is 0. The van der Waals surface area contributed by atoms with E-state index in [0.717, 1.165) is 17.0 Å². The maximum absolute atomic E-state index is 4.94. The van der Waals surface area contributed by atoms with Gasteiger partial charge >= 0.3 is 0 Å². The van der Waals surface area contributed by atoms with Crippen molar-refractivity contribution in [3.8, 4) is 11.3 Å². The van der Waals surface area contributed by atoms with Crippen LogP contribution in [0.15, 0.2) is 83.2 Å². The van der Waals surface area contributed by atoms with Crippen LogP contribution in [0, 0.1) is 20.8 Å². The van der Waals surface area contributed by atoms with E-state index in [2.05, 4.69) is 104 Å². The fourth-order valence-corrected chi connectivity index (χ4v) is 4.06. The zero-order valence-corrected chi connectivity index (χ0v) is 17.3. The molecule has 0 aliphatic heterocycles. The minimum Gasteiger partial charge on any atom is -0.312 e. The molecule has 4 aromatic rings. The Morgan fingerprint density at radius 2 is 1.25 bits per heavy atom. The average Bonchev–Trinajstić information content (AvgIpc) is 3.08. The quantitative estimate of drug-likeness (QED) is 0.386. The zero-order valence-electron chi connectivity index (χ0n) is 16.5. The molecule has 1 aromatic heterocycles. The predicted octanol–water partition coefficient (Wildman–Crippen LogP) is 6.42. The molecule has 0 aliphatic rings. The number of hydrogen-bond donors (Lipinski definition) is 0. The first-order valence-electron chi connectivity index (χ1n) is 9.51. The van der Waals surface area contributed by atoms with Gasteiger partial charge in [0.1, 0.15) is 0 Å². The molecule has 0 atom stereocenters. The van der Waals surface area contributed by atoms with Crippen molar-refractivity contribution in [2.45, 2.75) is 27.3 Å². The fraction of sp³-hybridized carbons (Fsp3) is 0.160. The van der Waals surface area contributed by atoms with Crippen LogP contribution >= 0.6 is 11.3 Å². The number of thiazole rings is 1. The van der Waals surface area contributed by atoms with E-state index in [4.69, 9.17) is 4.99 Å². The Hall–Kier alpha value is -2.91. The Labute approximate surface area is 170 Å². The van der Waals surface area contributed by atoms with Crippen LogP contribution in [0.4, 0.5) is 5.69 Å². The molecule has 0 radical (unpaired) electrons. The highest BCUT2D eigenvalue weighted by Gasteiger charge is 2.09. The second kappa shape index (κ2) is 7.99. The SMILES string of the molecule is Cc1ccc(Cn2c(-c3ccc(C)cc3)csc2=Nc2ccc(C)cc2)cc1. The summed E-state index contributed by atoms with van der Waals surface area (Å²) in [5.74, 6) is 0. The molecule has 0 saturated heterocycles. The third-order valence-corrected chi connectivity index (χ3v) is 5.73. The smallest absolute Gasteiger partial charge is 0.190 e. The third-order valence-electron chi connectivity index (χ3n) is 4.87. The van der Waals surface area contributed by atoms with Crippen molar-refractivity contribution < 1.29 is 0 Å². The van der Waals surface area contributed by atoms with Gasteiger partial charge in [-0.1, -0.05) is 77.4 Å². The van der Waals surface area contributed by atoms with Gasteiger partial charge in [-0.25, -0.2) is 4.99 Å². The fourth-order valence-electron chi connectivity index (χ4n) is 3.13. The van der Waals surface area contributed by atoms with Crippen LogP contribution in [0.1, 0.15) is 22.3 Å². The van der Waals surface area contributed by atoms with Crippen LogP contribution < -0.4 is 4.80 Å². The molecule has 0 spiro atoms. The first-order valence-corrected chi connectivity index (χ1v) is 10.4. The van der Waals surface area contributed by atoms with Gasteiger partial charge in [-0.2, -0.15) is 0 Å². The lowest BCUT2D eigenvalue weighted by atomic mass is 10.1. The molecule has 0 fully saturated rings. The van der Waals surface area contributed by atoms with Crippen molar-refractivity contribution >= 4 is 17.0 Å². The van der Waals surface area contributed by atoms with E-state index >= 15 is 0 Å². The van der Waals surface area contributed by atoms with Crippen LogP contribution in [0.3, 0.4) is 0 Å². The van der Waals surface area contributed by atoms with Gasteiger partial charge in [0, 0.05) is 5.38 Å². The van der Waals surface area contributed by atoms with Gasteiger partial charge in [-0.15, -0.1) is 11.3 Å². The van der Waals surface area contributed by atoms with Gasteiger partial charge < -0.3 is 4.57 Å². The summed E-state index contributed by atoms with van der Waals surface area (Å²) in [6.45, 7) is 7.15. The first kappa shape index (κ1) is 18.5. The van der Waals surface area contributed by atoms with Crippen LogP contribution in [-0.2, 0) is 6.54 Å². The molecule has 0 aliphatic carbocycles. The summed E-state index contributed by atoms with van der Waals surface area (Å²) in [4.78, 5) is 5.95. The number of benzene rings is 3. The lowest BCUT2D eigenvalue weighted by Gasteiger charge is -2.10. The predicted molar refractivity (Wildman–Crippen MR) is 119 cm³/mol. The zero-order chi connectivity index (χ0) is 19.5. The van der Waals surface area contributed by atoms with E-state index in [0.29, 0.717) is 0 Å². The average molecular weight is 385 g/mol. The first-order chi connectivity index (χ1) is 13.6. The molecule has 4 rings (SSSR count). The summed E-state index contributed by atoms with van der Waals surface area (Å²) >= 11 is 1.69. The summed E-state index contributed by atoms with van der Waals surface area (Å²) in [6.07, 6.45) is 0. The molecule has 140 valence electrons. The minimum atomic E-state index is 0.803. The molecule has 2 nitrogen and oxygen atoms in total. The molecule has 0 saturated carbocycles. The van der Waals surface area contributed by atoms with Gasteiger partial charge in [0.25, 0.3) is 0 Å². The maximum atomic E-state index is 4.94. The Bertz CT molecular complexity index is 1130. The van der Waals surface area contributed by atoms with Crippen LogP contribution in [0.5, 0.6) is 0 Å². The van der Waals surface area contributed by atoms with E-state index in [9.17, 15) is 0 Å². The molecule has 0 amide bonds. The summed E-state index contributed by atoms with van der Waals surface area (Å²) in [5.41, 5.74) is 8.49. The highest BCUT2D eigenvalue weighted by Crippen LogP contribution is 2.23. The molecule has 0 N–H and O–H groups in total. The topological polar surface area (TPSA) is 17.3 Å². The van der Waals surface area contributed by atoms with Crippen molar-refractivity contribution in [3.63, 3.8) is 0 Å². The van der Waals surface area contributed by atoms with Crippen LogP contribution in [0.2, 0.25) is 0 Å². The van der Waals surface area contributed by atoms with Gasteiger partial charge in [0.15, 0.2) is 4.80 Å². The molecule has 3 heteroatoms. The van der Waals surface area contributed by atoms with Crippen LogP contribution in [-0.4, -0.2) is 4.57 Å². The minimum absolute atomic E-state index is 0.803. The Morgan fingerprint density at radius 3 is 1.86 bits per heavy atom. The highest BCUT2D eigenvalue weighted by molar-refractivity contribution is 7.07. The van der Waals surface area contributed by atoms with E-state index in [1.807, 2.05) is 0 Å². The second-order valence-corrected chi connectivity index (χ2v) is 8.13. The number of aromatic nitrogens is 1. The highest BCUT2D eigenvalue weighted by atomic mass is 32.1. The summed E-state index contributed by atoms with van der Waals surface area (Å²) < 4.78 is 2.32. The number of hydrogen-bond acceptors (Lipinski definition) is 2. The van der Waals surface area contributed by atoms with Crippen LogP contribution in [0.25, 0.3) is 11.3 Å². The second-order valence-electron chi connectivity index (χ2n) is 7.29. The van der Waals surface area contributed by atoms with Gasteiger partial charge in [0.05, 0.1) is 17.9 Å². The molecule has 0 bridgehead atoms. The van der Waals surface area contributed by atoms with Gasteiger partial charge in [-0.3, -0.25) is 0 Å². The largest absolute Gasteiger partial charge is 0.312 e. The molecule has 28 heavy (non-hydrogen) atoms. The third kappa shape index (κ3) is 4.15. The Morgan fingerprint density at radius 1 is 0.714 bits per heavy atom. The lowest BCUT2D eigenvalue weighted by Crippen LogP contribution is -2.16. The Kier molecular flexibility index (Phi) is 5.27. The lowest BCUT2D eigenvalue weighted by molar-refractivity contribution is 0.778. The van der Waals surface area contributed by atoms with E-state index in [-0.39, 0.29) is 0 Å².